The second-order valence-corrected chi connectivity index (χ2v) is 5.55. The van der Waals surface area contributed by atoms with Crippen molar-refractivity contribution in [2.75, 3.05) is 21.1 Å². The lowest BCUT2D eigenvalue weighted by atomic mass is 9.95. The van der Waals surface area contributed by atoms with Gasteiger partial charge in [0.15, 0.2) is 5.78 Å². The number of hydrogen-bond acceptors (Lipinski definition) is 1. The summed E-state index contributed by atoms with van der Waals surface area (Å²) in [6.45, 7) is 0. The summed E-state index contributed by atoms with van der Waals surface area (Å²) in [5.74, 6) is 0.312. The van der Waals surface area contributed by atoms with Gasteiger partial charge in [-0.3, -0.25) is 4.79 Å². The number of quaternary nitrogens is 1. The molecule has 1 atom stereocenters. The molecule has 0 aliphatic heterocycles. The van der Waals surface area contributed by atoms with Crippen LogP contribution in [0, 0.1) is 0 Å². The zero-order valence-electron chi connectivity index (χ0n) is 11.2. The molecular formula is C15H20INO. The Kier molecular flexibility index (Phi) is 5.10. The van der Waals surface area contributed by atoms with Crippen LogP contribution in [0.2, 0.25) is 0 Å². The van der Waals surface area contributed by atoms with Crippen LogP contribution in [0.3, 0.4) is 0 Å². The van der Waals surface area contributed by atoms with Crippen LogP contribution in [0.1, 0.15) is 24.4 Å². The molecule has 1 aromatic carbocycles. The van der Waals surface area contributed by atoms with Crippen LogP contribution < -0.4 is 24.0 Å². The lowest BCUT2D eigenvalue weighted by Gasteiger charge is -2.35. The Morgan fingerprint density at radius 3 is 2.17 bits per heavy atom. The van der Waals surface area contributed by atoms with E-state index in [-0.39, 0.29) is 30.0 Å². The maximum atomic E-state index is 12.0. The summed E-state index contributed by atoms with van der Waals surface area (Å²) < 4.78 is 0.752. The highest BCUT2D eigenvalue weighted by Crippen LogP contribution is 2.34. The van der Waals surface area contributed by atoms with Crippen molar-refractivity contribution in [2.24, 2.45) is 0 Å². The summed E-state index contributed by atoms with van der Waals surface area (Å²) in [6, 6.07) is 10.5. The number of allylic oxidation sites excluding steroid dienone is 1. The molecule has 0 spiro atoms. The first-order chi connectivity index (χ1) is 8.00. The van der Waals surface area contributed by atoms with Crippen LogP contribution in [-0.2, 0) is 4.79 Å². The number of hydrogen-bond donors (Lipinski definition) is 0. The molecule has 1 unspecified atom stereocenters. The van der Waals surface area contributed by atoms with E-state index in [9.17, 15) is 4.79 Å². The van der Waals surface area contributed by atoms with Crippen LogP contribution in [0.15, 0.2) is 42.0 Å². The number of halogens is 1. The number of nitrogens with zero attached hydrogens (tertiary/aromatic N) is 1. The van der Waals surface area contributed by atoms with Crippen molar-refractivity contribution >= 4 is 5.78 Å². The molecule has 0 amide bonds. The van der Waals surface area contributed by atoms with Gasteiger partial charge in [0.2, 0.25) is 0 Å². The van der Waals surface area contributed by atoms with Gasteiger partial charge in [0.25, 0.3) is 0 Å². The van der Waals surface area contributed by atoms with Crippen LogP contribution in [0.5, 0.6) is 0 Å². The average molecular weight is 357 g/mol. The van der Waals surface area contributed by atoms with E-state index in [0.717, 1.165) is 16.5 Å². The van der Waals surface area contributed by atoms with Gasteiger partial charge in [-0.2, -0.15) is 0 Å². The number of likely N-dealkylation sites (N-methyl/N-ethyl adjacent to an activating group) is 1. The number of carbonyl (C=O) groups is 1. The molecule has 2 rings (SSSR count). The highest BCUT2D eigenvalue weighted by atomic mass is 127. The standard InChI is InChI=1S/C15H20NO.HI/c1-16(2,3)15(12-8-5-4-6-9-12)13-10-7-11-14(13)17;/h4-6,8-10,15H,7,11H2,1-3H3;1H/q+1;/p-1. The van der Waals surface area contributed by atoms with E-state index in [0.29, 0.717) is 12.2 Å². The molecule has 1 aliphatic rings. The molecule has 0 fully saturated rings. The maximum absolute atomic E-state index is 12.0. The molecule has 18 heavy (non-hydrogen) atoms. The summed E-state index contributed by atoms with van der Waals surface area (Å²) in [5.41, 5.74) is 2.21. The quantitative estimate of drug-likeness (QED) is 0.538. The predicted octanol–water partition coefficient (Wildman–Crippen LogP) is -0.273. The first kappa shape index (κ1) is 15.4. The van der Waals surface area contributed by atoms with Gasteiger partial charge in [-0.05, 0) is 6.42 Å². The van der Waals surface area contributed by atoms with Crippen molar-refractivity contribution in [3.63, 3.8) is 0 Å². The summed E-state index contributed by atoms with van der Waals surface area (Å²) in [5, 5.41) is 0. The molecule has 0 bridgehead atoms. The van der Waals surface area contributed by atoms with Crippen molar-refractivity contribution in [1.82, 2.24) is 0 Å². The van der Waals surface area contributed by atoms with Gasteiger partial charge in [0.05, 0.1) is 26.7 Å². The highest BCUT2D eigenvalue weighted by Gasteiger charge is 2.34. The minimum Gasteiger partial charge on any atom is -1.00 e. The van der Waals surface area contributed by atoms with Gasteiger partial charge >= 0.3 is 0 Å². The van der Waals surface area contributed by atoms with Crippen molar-refractivity contribution in [3.05, 3.63) is 47.5 Å². The fourth-order valence-electron chi connectivity index (χ4n) is 2.56. The molecule has 0 saturated carbocycles. The molecule has 0 saturated heterocycles. The fourth-order valence-corrected chi connectivity index (χ4v) is 2.56. The molecule has 2 nitrogen and oxygen atoms in total. The van der Waals surface area contributed by atoms with Crippen LogP contribution >= 0.6 is 0 Å². The van der Waals surface area contributed by atoms with E-state index in [1.54, 1.807) is 0 Å². The van der Waals surface area contributed by atoms with Gasteiger partial charge in [-0.25, -0.2) is 0 Å². The van der Waals surface area contributed by atoms with E-state index in [1.807, 2.05) is 18.2 Å². The van der Waals surface area contributed by atoms with E-state index < -0.39 is 0 Å². The lowest BCUT2D eigenvalue weighted by molar-refractivity contribution is -0.895. The fraction of sp³-hybridized carbons (Fsp3) is 0.400. The Hall–Kier alpha value is -0.680. The van der Waals surface area contributed by atoms with Crippen molar-refractivity contribution in [2.45, 2.75) is 18.9 Å². The molecule has 0 radical (unpaired) electrons. The first-order valence-corrected chi connectivity index (χ1v) is 6.09. The molecule has 0 N–H and O–H groups in total. The van der Waals surface area contributed by atoms with Gasteiger partial charge in [0, 0.05) is 12.0 Å². The van der Waals surface area contributed by atoms with Crippen molar-refractivity contribution < 1.29 is 33.3 Å². The summed E-state index contributed by atoms with van der Waals surface area (Å²) in [6.07, 6.45) is 3.69. The summed E-state index contributed by atoms with van der Waals surface area (Å²) >= 11 is 0. The van der Waals surface area contributed by atoms with E-state index in [1.165, 1.54) is 5.56 Å². The third-order valence-corrected chi connectivity index (χ3v) is 3.24. The largest absolute Gasteiger partial charge is 1.00 e. The lowest BCUT2D eigenvalue weighted by Crippen LogP contribution is -3.00. The Bertz CT molecular complexity index is 445. The third-order valence-electron chi connectivity index (χ3n) is 3.24. The number of carbonyl (C=O) groups excluding carboxylic acids is 1. The number of Topliss-reactive ketones (excluding diaryl/α,β-unsaturated/α-hetero) is 1. The minimum absolute atomic E-state index is 0. The van der Waals surface area contributed by atoms with Crippen LogP contribution in [0.25, 0.3) is 0 Å². The van der Waals surface area contributed by atoms with E-state index >= 15 is 0 Å². The highest BCUT2D eigenvalue weighted by molar-refractivity contribution is 5.98. The monoisotopic (exact) mass is 357 g/mol. The van der Waals surface area contributed by atoms with Crippen LogP contribution in [0.4, 0.5) is 0 Å². The summed E-state index contributed by atoms with van der Waals surface area (Å²) in [4.78, 5) is 12.0. The Morgan fingerprint density at radius 2 is 1.72 bits per heavy atom. The van der Waals surface area contributed by atoms with Gasteiger partial charge in [-0.1, -0.05) is 36.4 Å². The SMILES string of the molecule is C[N+](C)(C)C(C1=CCCC1=O)c1ccccc1.[I-]. The molecule has 0 heterocycles. The average Bonchev–Trinajstić information content (AvgIpc) is 2.65. The Balaban J connectivity index is 0.00000162. The van der Waals surface area contributed by atoms with Crippen molar-refractivity contribution in [1.29, 1.82) is 0 Å². The summed E-state index contributed by atoms with van der Waals surface area (Å²) in [7, 11) is 6.43. The number of ketones is 1. The smallest absolute Gasteiger partial charge is 0.165 e. The Labute approximate surface area is 126 Å². The first-order valence-electron chi connectivity index (χ1n) is 6.09. The zero-order chi connectivity index (χ0) is 12.5. The molecule has 98 valence electrons. The van der Waals surface area contributed by atoms with E-state index in [2.05, 4.69) is 39.4 Å². The van der Waals surface area contributed by atoms with Crippen molar-refractivity contribution in [3.8, 4) is 0 Å². The zero-order valence-corrected chi connectivity index (χ0v) is 13.3. The second kappa shape index (κ2) is 5.97. The normalized spacial score (nSPS) is 17.1. The van der Waals surface area contributed by atoms with Gasteiger partial charge < -0.3 is 28.5 Å². The predicted molar refractivity (Wildman–Crippen MR) is 69.5 cm³/mol. The number of rotatable bonds is 3. The second-order valence-electron chi connectivity index (χ2n) is 5.55. The number of benzene rings is 1. The van der Waals surface area contributed by atoms with E-state index in [4.69, 9.17) is 0 Å². The van der Waals surface area contributed by atoms with Crippen LogP contribution in [-0.4, -0.2) is 31.4 Å². The molecule has 1 aromatic rings. The van der Waals surface area contributed by atoms with Gasteiger partial charge in [0.1, 0.15) is 6.04 Å². The topological polar surface area (TPSA) is 17.1 Å². The molecule has 3 heteroatoms. The minimum atomic E-state index is 0. The van der Waals surface area contributed by atoms with Gasteiger partial charge in [-0.15, -0.1) is 0 Å². The molecule has 0 aromatic heterocycles. The third kappa shape index (κ3) is 3.20. The maximum Gasteiger partial charge on any atom is 0.165 e. The Morgan fingerprint density at radius 1 is 1.11 bits per heavy atom. The molecular weight excluding hydrogens is 337 g/mol. The molecule has 1 aliphatic carbocycles.